The Morgan fingerprint density at radius 1 is 1.41 bits per heavy atom. The van der Waals surface area contributed by atoms with E-state index in [2.05, 4.69) is 11.1 Å². The van der Waals surface area contributed by atoms with Gasteiger partial charge in [0.25, 0.3) is 0 Å². The molecule has 22 heavy (non-hydrogen) atoms. The average molecular weight is 304 g/mol. The quantitative estimate of drug-likeness (QED) is 0.848. The summed E-state index contributed by atoms with van der Waals surface area (Å²) in [6, 6.07) is 5.49. The van der Waals surface area contributed by atoms with Crippen LogP contribution in [-0.4, -0.2) is 32.4 Å². The summed E-state index contributed by atoms with van der Waals surface area (Å²) < 4.78 is 5.51. The largest absolute Gasteiger partial charge is 0.438 e. The van der Waals surface area contributed by atoms with Crippen LogP contribution < -0.4 is 0 Å². The fraction of sp³-hybridized carbons (Fsp3) is 0.529. The molecule has 0 spiro atoms. The van der Waals surface area contributed by atoms with Crippen LogP contribution in [0.15, 0.2) is 36.0 Å². The molecule has 2 heterocycles. The first kappa shape index (κ1) is 16.5. The van der Waals surface area contributed by atoms with E-state index in [1.807, 2.05) is 32.0 Å². The molecule has 1 fully saturated rings. The monoisotopic (exact) mass is 304 g/mol. The number of rotatable bonds is 5. The maximum Gasteiger partial charge on any atom is 0.413 e. The average Bonchev–Trinajstić information content (AvgIpc) is 2.60. The summed E-state index contributed by atoms with van der Waals surface area (Å²) in [5.41, 5.74) is -0.395. The molecule has 2 atom stereocenters. The summed E-state index contributed by atoms with van der Waals surface area (Å²) in [5.74, 6) is 0. The van der Waals surface area contributed by atoms with E-state index in [9.17, 15) is 9.90 Å². The van der Waals surface area contributed by atoms with Crippen molar-refractivity contribution in [3.63, 3.8) is 0 Å². The zero-order valence-electron chi connectivity index (χ0n) is 13.7. The molecule has 2 rings (SSSR count). The molecule has 1 aliphatic heterocycles. The van der Waals surface area contributed by atoms with Crippen LogP contribution in [-0.2, 0) is 11.3 Å². The van der Waals surface area contributed by atoms with E-state index in [1.165, 1.54) is 10.5 Å². The summed E-state index contributed by atoms with van der Waals surface area (Å²) in [6.45, 7) is 7.68. The second-order valence-electron chi connectivity index (χ2n) is 6.35. The third kappa shape index (κ3) is 3.14. The van der Waals surface area contributed by atoms with Crippen LogP contribution in [0.2, 0.25) is 0 Å². The molecule has 1 aliphatic rings. The fourth-order valence-electron chi connectivity index (χ4n) is 2.60. The fourth-order valence-corrected chi connectivity index (χ4v) is 2.60. The number of cyclic esters (lactones) is 1. The molecule has 120 valence electrons. The SMILES string of the molecule is CC(C)=CCCC1(C)OC(=O)N(Cc2ccccn2)C1(C)O. The Kier molecular flexibility index (Phi) is 4.56. The number of hydrogen-bond donors (Lipinski definition) is 1. The number of carbonyl (C=O) groups is 1. The minimum absolute atomic E-state index is 0.227. The van der Waals surface area contributed by atoms with Gasteiger partial charge in [-0.15, -0.1) is 0 Å². The van der Waals surface area contributed by atoms with Gasteiger partial charge in [-0.05, 0) is 52.7 Å². The number of aliphatic hydroxyl groups is 1. The molecule has 0 aliphatic carbocycles. The number of amides is 1. The Hall–Kier alpha value is -1.88. The van der Waals surface area contributed by atoms with E-state index in [-0.39, 0.29) is 6.54 Å². The maximum atomic E-state index is 12.2. The highest BCUT2D eigenvalue weighted by Crippen LogP contribution is 2.41. The molecule has 1 aromatic heterocycles. The first-order valence-corrected chi connectivity index (χ1v) is 7.52. The zero-order valence-corrected chi connectivity index (χ0v) is 13.7. The van der Waals surface area contributed by atoms with Gasteiger partial charge in [-0.2, -0.15) is 0 Å². The minimum Gasteiger partial charge on any atom is -0.438 e. The predicted molar refractivity (Wildman–Crippen MR) is 84.0 cm³/mol. The highest BCUT2D eigenvalue weighted by molar-refractivity contribution is 5.72. The van der Waals surface area contributed by atoms with Crippen LogP contribution >= 0.6 is 0 Å². The van der Waals surface area contributed by atoms with Crippen LogP contribution in [0.1, 0.15) is 46.2 Å². The van der Waals surface area contributed by atoms with E-state index in [0.717, 1.165) is 6.42 Å². The summed E-state index contributed by atoms with van der Waals surface area (Å²) in [4.78, 5) is 17.8. The molecular weight excluding hydrogens is 280 g/mol. The van der Waals surface area contributed by atoms with Crippen molar-refractivity contribution in [3.8, 4) is 0 Å². The molecule has 5 nitrogen and oxygen atoms in total. The third-order valence-corrected chi connectivity index (χ3v) is 4.28. The standard InChI is InChI=1S/C17H24N2O3/c1-13(2)8-7-10-16(3)17(4,21)19(15(20)22-16)12-14-9-5-6-11-18-14/h5-6,8-9,11,21H,7,10,12H2,1-4H3. The number of pyridine rings is 1. The van der Waals surface area contributed by atoms with Gasteiger partial charge in [0.05, 0.1) is 12.2 Å². The normalized spacial score (nSPS) is 27.7. The summed E-state index contributed by atoms with van der Waals surface area (Å²) >= 11 is 0. The topological polar surface area (TPSA) is 62.7 Å². The van der Waals surface area contributed by atoms with Crippen molar-refractivity contribution in [3.05, 3.63) is 41.7 Å². The van der Waals surface area contributed by atoms with Crippen molar-refractivity contribution < 1.29 is 14.6 Å². The van der Waals surface area contributed by atoms with Crippen molar-refractivity contribution in [2.45, 2.75) is 58.4 Å². The number of nitrogens with zero attached hydrogens (tertiary/aromatic N) is 2. The molecule has 1 saturated heterocycles. The van der Waals surface area contributed by atoms with Crippen molar-refractivity contribution in [2.24, 2.45) is 0 Å². The van der Waals surface area contributed by atoms with Crippen LogP contribution in [0, 0.1) is 0 Å². The van der Waals surface area contributed by atoms with Gasteiger partial charge in [-0.25, -0.2) is 4.79 Å². The first-order valence-electron chi connectivity index (χ1n) is 7.52. The second-order valence-corrected chi connectivity index (χ2v) is 6.35. The van der Waals surface area contributed by atoms with Gasteiger partial charge in [0, 0.05) is 6.20 Å². The van der Waals surface area contributed by atoms with Crippen LogP contribution in [0.3, 0.4) is 0 Å². The minimum atomic E-state index is -1.38. The third-order valence-electron chi connectivity index (χ3n) is 4.28. The van der Waals surface area contributed by atoms with Crippen molar-refractivity contribution in [2.75, 3.05) is 0 Å². The van der Waals surface area contributed by atoms with Gasteiger partial charge < -0.3 is 9.84 Å². The molecule has 1 amide bonds. The summed E-state index contributed by atoms with van der Waals surface area (Å²) in [5, 5.41) is 10.9. The lowest BCUT2D eigenvalue weighted by molar-refractivity contribution is -0.141. The van der Waals surface area contributed by atoms with Crippen LogP contribution in [0.25, 0.3) is 0 Å². The molecule has 0 bridgehead atoms. The highest BCUT2D eigenvalue weighted by Gasteiger charge is 2.58. The van der Waals surface area contributed by atoms with E-state index in [0.29, 0.717) is 12.1 Å². The smallest absolute Gasteiger partial charge is 0.413 e. The van der Waals surface area contributed by atoms with E-state index >= 15 is 0 Å². The van der Waals surface area contributed by atoms with Gasteiger partial charge in [0.15, 0.2) is 11.3 Å². The van der Waals surface area contributed by atoms with E-state index in [4.69, 9.17) is 4.74 Å². The van der Waals surface area contributed by atoms with Gasteiger partial charge in [0.1, 0.15) is 0 Å². The number of carbonyl (C=O) groups excluding carboxylic acids is 1. The Bertz CT molecular complexity index is 565. The highest BCUT2D eigenvalue weighted by atomic mass is 16.6. The Balaban J connectivity index is 2.16. The predicted octanol–water partition coefficient (Wildman–Crippen LogP) is 3.25. The van der Waals surface area contributed by atoms with Gasteiger partial charge >= 0.3 is 6.09 Å². The van der Waals surface area contributed by atoms with Gasteiger partial charge in [0.2, 0.25) is 0 Å². The number of hydrogen-bond acceptors (Lipinski definition) is 4. The van der Waals surface area contributed by atoms with Crippen molar-refractivity contribution in [1.29, 1.82) is 0 Å². The lowest BCUT2D eigenvalue weighted by Gasteiger charge is -2.37. The van der Waals surface area contributed by atoms with Gasteiger partial charge in [-0.1, -0.05) is 17.7 Å². The molecule has 0 saturated carbocycles. The van der Waals surface area contributed by atoms with Gasteiger partial charge in [-0.3, -0.25) is 9.88 Å². The summed E-state index contributed by atoms with van der Waals surface area (Å²) in [6.07, 6.45) is 4.56. The van der Waals surface area contributed by atoms with Crippen LogP contribution in [0.4, 0.5) is 4.79 Å². The number of ether oxygens (including phenoxy) is 1. The maximum absolute atomic E-state index is 12.2. The Morgan fingerprint density at radius 2 is 2.14 bits per heavy atom. The molecule has 1 N–H and O–H groups in total. The molecule has 0 radical (unpaired) electrons. The van der Waals surface area contributed by atoms with Crippen LogP contribution in [0.5, 0.6) is 0 Å². The summed E-state index contributed by atoms with van der Waals surface area (Å²) in [7, 11) is 0. The van der Waals surface area contributed by atoms with Crippen molar-refractivity contribution in [1.82, 2.24) is 9.88 Å². The van der Waals surface area contributed by atoms with E-state index in [1.54, 1.807) is 20.0 Å². The lowest BCUT2D eigenvalue weighted by atomic mass is 9.88. The lowest BCUT2D eigenvalue weighted by Crippen LogP contribution is -2.54. The Labute approximate surface area is 131 Å². The molecule has 2 unspecified atom stereocenters. The van der Waals surface area contributed by atoms with E-state index < -0.39 is 17.4 Å². The van der Waals surface area contributed by atoms with Crippen molar-refractivity contribution >= 4 is 6.09 Å². The molecule has 5 heteroatoms. The second kappa shape index (κ2) is 6.08. The zero-order chi connectivity index (χ0) is 16.4. The Morgan fingerprint density at radius 3 is 2.73 bits per heavy atom. The molecule has 0 aromatic carbocycles. The molecular formula is C17H24N2O3. The number of aromatic nitrogens is 1. The number of allylic oxidation sites excluding steroid dienone is 2. The molecule has 1 aromatic rings. The first-order chi connectivity index (χ1) is 10.3.